The number of thioether (sulfide) groups is 1. The summed E-state index contributed by atoms with van der Waals surface area (Å²) in [5, 5.41) is 12.8. The van der Waals surface area contributed by atoms with Gasteiger partial charge in [-0.25, -0.2) is 18.8 Å². The Balaban J connectivity index is 1.68. The van der Waals surface area contributed by atoms with Gasteiger partial charge < -0.3 is 9.84 Å². The first-order valence-corrected chi connectivity index (χ1v) is 9.70. The normalized spacial score (nSPS) is 10.7. The number of nitrogens with zero attached hydrogens (tertiary/aromatic N) is 3. The minimum atomic E-state index is -1.02. The third-order valence-corrected chi connectivity index (χ3v) is 5.18. The van der Waals surface area contributed by atoms with E-state index >= 15 is 0 Å². The van der Waals surface area contributed by atoms with Crippen LogP contribution in [0.2, 0.25) is 0 Å². The lowest BCUT2D eigenvalue weighted by atomic mass is 10.2. The van der Waals surface area contributed by atoms with E-state index in [1.807, 2.05) is 43.3 Å². The molecule has 0 spiro atoms. The van der Waals surface area contributed by atoms with Crippen molar-refractivity contribution in [3.05, 3.63) is 69.3 Å². The van der Waals surface area contributed by atoms with E-state index in [2.05, 4.69) is 21.0 Å². The lowest BCUT2D eigenvalue weighted by Crippen LogP contribution is -2.23. The Hall–Kier alpha value is -2.52. The van der Waals surface area contributed by atoms with E-state index in [1.54, 1.807) is 6.07 Å². The first-order chi connectivity index (χ1) is 12.9. The molecule has 27 heavy (non-hydrogen) atoms. The summed E-state index contributed by atoms with van der Waals surface area (Å²) < 4.78 is 9.02. The number of halogens is 1. The molecule has 1 aromatic heterocycles. The van der Waals surface area contributed by atoms with Gasteiger partial charge in [0.15, 0.2) is 6.61 Å². The summed E-state index contributed by atoms with van der Waals surface area (Å²) >= 11 is 4.82. The molecule has 0 aliphatic rings. The highest BCUT2D eigenvalue weighted by Crippen LogP contribution is 2.26. The Kier molecular flexibility index (Phi) is 6.02. The van der Waals surface area contributed by atoms with Crippen LogP contribution in [0.4, 0.5) is 0 Å². The van der Waals surface area contributed by atoms with Crippen LogP contribution in [-0.2, 0) is 10.7 Å². The van der Waals surface area contributed by atoms with Gasteiger partial charge >= 0.3 is 11.7 Å². The molecule has 0 aliphatic heterocycles. The number of benzene rings is 2. The average molecular weight is 450 g/mol. The van der Waals surface area contributed by atoms with Crippen molar-refractivity contribution < 1.29 is 14.6 Å². The lowest BCUT2D eigenvalue weighted by molar-refractivity contribution is -0.139. The van der Waals surface area contributed by atoms with Gasteiger partial charge in [0.2, 0.25) is 0 Å². The van der Waals surface area contributed by atoms with E-state index in [0.717, 1.165) is 20.6 Å². The largest absolute Gasteiger partial charge is 0.482 e. The summed E-state index contributed by atoms with van der Waals surface area (Å²) in [6.45, 7) is 1.46. The number of hydrogen-bond acceptors (Lipinski definition) is 5. The number of aryl methyl sites for hydroxylation is 1. The molecule has 9 heteroatoms. The zero-order valence-corrected chi connectivity index (χ0v) is 16.7. The fraction of sp³-hybridized carbons (Fsp3) is 0.167. The topological polar surface area (TPSA) is 86.4 Å². The van der Waals surface area contributed by atoms with E-state index in [9.17, 15) is 9.59 Å². The molecule has 0 unspecified atom stereocenters. The van der Waals surface area contributed by atoms with Crippen molar-refractivity contribution >= 4 is 33.7 Å². The number of rotatable bonds is 7. The quantitative estimate of drug-likeness (QED) is 0.556. The number of hydrogen-bond donors (Lipinski definition) is 1. The van der Waals surface area contributed by atoms with E-state index in [4.69, 9.17) is 9.84 Å². The van der Waals surface area contributed by atoms with Crippen molar-refractivity contribution in [2.45, 2.75) is 17.7 Å². The molecule has 0 bridgehead atoms. The van der Waals surface area contributed by atoms with Crippen LogP contribution < -0.4 is 10.4 Å². The molecule has 0 fully saturated rings. The highest BCUT2D eigenvalue weighted by molar-refractivity contribution is 9.10. The number of carboxylic acids is 1. The number of ether oxygens (including phenoxy) is 1. The Bertz CT molecular complexity index is 1010. The van der Waals surface area contributed by atoms with Crippen LogP contribution in [0.25, 0.3) is 5.69 Å². The number of carboxylic acid groups (broad SMARTS) is 1. The third-order valence-electron chi connectivity index (χ3n) is 3.69. The van der Waals surface area contributed by atoms with Gasteiger partial charge in [-0.15, -0.1) is 11.8 Å². The van der Waals surface area contributed by atoms with Crippen LogP contribution >= 0.6 is 27.7 Å². The minimum Gasteiger partial charge on any atom is -0.482 e. The summed E-state index contributed by atoms with van der Waals surface area (Å²) in [5.74, 6) is -0.135. The molecule has 1 N–H and O–H groups in total. The lowest BCUT2D eigenvalue weighted by Gasteiger charge is -2.08. The molecule has 0 amide bonds. The number of aromatic nitrogens is 3. The summed E-state index contributed by atoms with van der Waals surface area (Å²) in [7, 11) is 0. The van der Waals surface area contributed by atoms with Crippen molar-refractivity contribution in [2.75, 3.05) is 6.61 Å². The molecule has 0 radical (unpaired) electrons. The van der Waals surface area contributed by atoms with Crippen LogP contribution in [0.5, 0.6) is 5.75 Å². The third kappa shape index (κ3) is 4.81. The van der Waals surface area contributed by atoms with E-state index < -0.39 is 5.97 Å². The molecule has 2 aromatic carbocycles. The summed E-state index contributed by atoms with van der Waals surface area (Å²) in [4.78, 5) is 24.0. The maximum absolute atomic E-state index is 12.5. The standard InChI is InChI=1S/C18H16BrN3O4S/c1-12-8-15(6-7-16(12)26-9-17(23)24)27-11-22-18(25)21(10-20-22)14-4-2-13(19)3-5-14/h2-8,10H,9,11H2,1H3,(H,23,24). The molecule has 3 aromatic rings. The molecule has 0 saturated heterocycles. The zero-order chi connectivity index (χ0) is 19.4. The molecular weight excluding hydrogens is 434 g/mol. The van der Waals surface area contributed by atoms with Gasteiger partial charge in [0.05, 0.1) is 11.6 Å². The second-order valence-corrected chi connectivity index (χ2v) is 7.58. The molecule has 7 nitrogen and oxygen atoms in total. The second-order valence-electron chi connectivity index (χ2n) is 5.64. The van der Waals surface area contributed by atoms with Crippen molar-refractivity contribution in [1.82, 2.24) is 14.3 Å². The van der Waals surface area contributed by atoms with Crippen LogP contribution in [0.15, 0.2) is 63.0 Å². The number of carbonyl (C=O) groups is 1. The van der Waals surface area contributed by atoms with E-state index in [-0.39, 0.29) is 12.3 Å². The molecule has 0 atom stereocenters. The first kappa shape index (κ1) is 19.2. The highest BCUT2D eigenvalue weighted by atomic mass is 79.9. The van der Waals surface area contributed by atoms with Gasteiger partial charge in [-0.05, 0) is 55.0 Å². The van der Waals surface area contributed by atoms with Gasteiger partial charge in [0, 0.05) is 9.37 Å². The molecule has 3 rings (SSSR count). The molecule has 1 heterocycles. The van der Waals surface area contributed by atoms with Gasteiger partial charge in [0.25, 0.3) is 0 Å². The zero-order valence-electron chi connectivity index (χ0n) is 14.3. The average Bonchev–Trinajstić information content (AvgIpc) is 3.00. The minimum absolute atomic E-state index is 0.219. The van der Waals surface area contributed by atoms with E-state index in [1.165, 1.54) is 27.3 Å². The smallest absolute Gasteiger partial charge is 0.351 e. The number of aliphatic carboxylic acids is 1. The van der Waals surface area contributed by atoms with Gasteiger partial charge in [-0.1, -0.05) is 15.9 Å². The maximum atomic E-state index is 12.5. The van der Waals surface area contributed by atoms with Gasteiger partial charge in [-0.3, -0.25) is 0 Å². The Labute approximate surface area is 167 Å². The first-order valence-electron chi connectivity index (χ1n) is 7.92. The van der Waals surface area contributed by atoms with Crippen molar-refractivity contribution in [2.24, 2.45) is 0 Å². The van der Waals surface area contributed by atoms with Crippen LogP contribution in [0, 0.1) is 6.92 Å². The molecule has 0 saturated carbocycles. The van der Waals surface area contributed by atoms with Crippen molar-refractivity contribution in [3.63, 3.8) is 0 Å². The van der Waals surface area contributed by atoms with Gasteiger partial charge in [0.1, 0.15) is 12.1 Å². The Morgan fingerprint density at radius 3 is 2.67 bits per heavy atom. The maximum Gasteiger partial charge on any atom is 0.351 e. The molecule has 140 valence electrons. The Morgan fingerprint density at radius 2 is 2.00 bits per heavy atom. The highest BCUT2D eigenvalue weighted by Gasteiger charge is 2.09. The predicted molar refractivity (Wildman–Crippen MR) is 106 cm³/mol. The summed E-state index contributed by atoms with van der Waals surface area (Å²) in [5.41, 5.74) is 1.35. The molecular formula is C18H16BrN3O4S. The van der Waals surface area contributed by atoms with E-state index in [0.29, 0.717) is 11.6 Å². The predicted octanol–water partition coefficient (Wildman–Crippen LogP) is 3.32. The van der Waals surface area contributed by atoms with Crippen molar-refractivity contribution in [3.8, 4) is 11.4 Å². The van der Waals surface area contributed by atoms with Crippen molar-refractivity contribution in [1.29, 1.82) is 0 Å². The fourth-order valence-electron chi connectivity index (χ4n) is 2.35. The SMILES string of the molecule is Cc1cc(SCn2ncn(-c3ccc(Br)cc3)c2=O)ccc1OCC(=O)O. The monoisotopic (exact) mass is 449 g/mol. The van der Waals surface area contributed by atoms with Gasteiger partial charge in [-0.2, -0.15) is 5.10 Å². The second kappa shape index (κ2) is 8.45. The molecule has 0 aliphatic carbocycles. The Morgan fingerprint density at radius 1 is 1.26 bits per heavy atom. The summed E-state index contributed by atoms with van der Waals surface area (Å²) in [6.07, 6.45) is 1.50. The summed E-state index contributed by atoms with van der Waals surface area (Å²) in [6, 6.07) is 12.8. The van der Waals surface area contributed by atoms with Crippen LogP contribution in [-0.4, -0.2) is 32.0 Å². The van der Waals surface area contributed by atoms with Crippen LogP contribution in [0.3, 0.4) is 0 Å². The van der Waals surface area contributed by atoms with Crippen LogP contribution in [0.1, 0.15) is 5.56 Å². The fourth-order valence-corrected chi connectivity index (χ4v) is 3.49.